The predicted octanol–water partition coefficient (Wildman–Crippen LogP) is 4.81. The molecule has 3 N–H and O–H groups in total. The number of benzene rings is 1. The molecule has 1 aromatic heterocycles. The molecular formula is C29H38ClN3O7. The van der Waals surface area contributed by atoms with E-state index in [0.29, 0.717) is 46.2 Å². The van der Waals surface area contributed by atoms with Crippen molar-refractivity contribution in [2.75, 3.05) is 13.7 Å². The van der Waals surface area contributed by atoms with Crippen LogP contribution in [0.4, 0.5) is 4.79 Å². The van der Waals surface area contributed by atoms with Crippen molar-refractivity contribution < 1.29 is 28.5 Å². The van der Waals surface area contributed by atoms with E-state index in [-0.39, 0.29) is 35.2 Å². The summed E-state index contributed by atoms with van der Waals surface area (Å²) in [5, 5.41) is 6.04. The summed E-state index contributed by atoms with van der Waals surface area (Å²) >= 11 is 6.51. The minimum Gasteiger partial charge on any atom is -0.496 e. The number of aromatic amines is 1. The van der Waals surface area contributed by atoms with Crippen LogP contribution in [0.25, 0.3) is 0 Å². The van der Waals surface area contributed by atoms with Crippen LogP contribution in [0.15, 0.2) is 16.9 Å². The molecule has 0 saturated heterocycles. The first-order chi connectivity index (χ1) is 18.9. The largest absolute Gasteiger partial charge is 0.496 e. The topological polar surface area (TPSA) is 128 Å². The van der Waals surface area contributed by atoms with Gasteiger partial charge in [0.2, 0.25) is 0 Å². The highest BCUT2D eigenvalue weighted by Gasteiger charge is 2.35. The number of fused-ring (bicyclic) bond motifs is 1. The number of H-pyrrole nitrogens is 1. The Labute approximate surface area is 239 Å². The van der Waals surface area contributed by atoms with E-state index in [1.165, 1.54) is 7.11 Å². The molecule has 1 aliphatic heterocycles. The molecule has 2 amide bonds. The van der Waals surface area contributed by atoms with Gasteiger partial charge in [0.05, 0.1) is 24.2 Å². The van der Waals surface area contributed by atoms with E-state index >= 15 is 0 Å². The maximum atomic E-state index is 13.2. The maximum Gasteiger partial charge on any atom is 0.407 e. The lowest BCUT2D eigenvalue weighted by Crippen LogP contribution is -2.44. The van der Waals surface area contributed by atoms with Crippen LogP contribution in [0.1, 0.15) is 73.6 Å². The highest BCUT2D eigenvalue weighted by Crippen LogP contribution is 2.44. The number of alkyl carbamates (subject to hydrolysis) is 1. The van der Waals surface area contributed by atoms with Gasteiger partial charge in [0.1, 0.15) is 24.1 Å². The fraction of sp³-hybridized carbons (Fsp3) is 0.552. The van der Waals surface area contributed by atoms with Crippen molar-refractivity contribution in [1.29, 1.82) is 0 Å². The molecule has 2 aliphatic rings. The summed E-state index contributed by atoms with van der Waals surface area (Å²) in [7, 11) is 1.48. The van der Waals surface area contributed by atoms with E-state index < -0.39 is 17.6 Å². The number of aromatic nitrogens is 1. The summed E-state index contributed by atoms with van der Waals surface area (Å²) in [6.07, 6.45) is 2.70. The Kier molecular flexibility index (Phi) is 8.87. The van der Waals surface area contributed by atoms with Crippen LogP contribution in [0, 0.1) is 19.8 Å². The Morgan fingerprint density at radius 1 is 1.12 bits per heavy atom. The fourth-order valence-electron chi connectivity index (χ4n) is 5.21. The van der Waals surface area contributed by atoms with Crippen LogP contribution in [0.2, 0.25) is 5.02 Å². The van der Waals surface area contributed by atoms with Gasteiger partial charge in [-0.2, -0.15) is 0 Å². The number of carbonyl (C=O) groups is 2. The van der Waals surface area contributed by atoms with Crippen molar-refractivity contribution in [2.24, 2.45) is 5.92 Å². The highest BCUT2D eigenvalue weighted by atomic mass is 35.5. The molecule has 4 rings (SSSR count). The van der Waals surface area contributed by atoms with Crippen LogP contribution in [0.3, 0.4) is 0 Å². The third-order valence-electron chi connectivity index (χ3n) is 7.24. The zero-order valence-electron chi connectivity index (χ0n) is 23.9. The summed E-state index contributed by atoms with van der Waals surface area (Å²) < 4.78 is 23.1. The van der Waals surface area contributed by atoms with Crippen LogP contribution in [-0.2, 0) is 11.3 Å². The Hall–Kier alpha value is -3.40. The van der Waals surface area contributed by atoms with Crippen molar-refractivity contribution in [2.45, 2.75) is 84.6 Å². The molecule has 1 fully saturated rings. The summed E-state index contributed by atoms with van der Waals surface area (Å²) in [6.45, 7) is 9.40. The summed E-state index contributed by atoms with van der Waals surface area (Å²) in [6, 6.07) is 3.31. The lowest BCUT2D eigenvalue weighted by Gasteiger charge is -2.37. The maximum absolute atomic E-state index is 13.2. The average molecular weight is 576 g/mol. The minimum absolute atomic E-state index is 0.0215. The summed E-state index contributed by atoms with van der Waals surface area (Å²) in [4.78, 5) is 40.5. The average Bonchev–Trinajstić information content (AvgIpc) is 2.88. The molecule has 2 heterocycles. The second-order valence-electron chi connectivity index (χ2n) is 11.4. The number of methoxy groups -OCH3 is 1. The standard InChI is InChI=1S/C29H38ClN3O7/c1-15-11-22(37-6)20(27(35)32-15)13-31-26(34)19-12-21(30)25-24(16(19)2)39-23(14-38-25)17-7-9-18(10-8-17)33-28(36)40-29(3,4)5/h11-12,17-18,23H,7-10,13-14H2,1-6H3,(H,31,34)(H,32,35)(H,33,36)/t17?,18?,23-/m1/s1. The molecule has 0 unspecified atom stereocenters. The predicted molar refractivity (Wildman–Crippen MR) is 151 cm³/mol. The van der Waals surface area contributed by atoms with Crippen molar-refractivity contribution in [3.8, 4) is 17.2 Å². The fourth-order valence-corrected chi connectivity index (χ4v) is 5.46. The second-order valence-corrected chi connectivity index (χ2v) is 11.8. The molecular weight excluding hydrogens is 538 g/mol. The van der Waals surface area contributed by atoms with Gasteiger partial charge < -0.3 is 34.6 Å². The van der Waals surface area contributed by atoms with Gasteiger partial charge in [-0.15, -0.1) is 0 Å². The number of pyridine rings is 1. The van der Waals surface area contributed by atoms with Crippen LogP contribution in [0.5, 0.6) is 17.2 Å². The van der Waals surface area contributed by atoms with E-state index in [0.717, 1.165) is 25.7 Å². The summed E-state index contributed by atoms with van der Waals surface area (Å²) in [5.41, 5.74) is 1.05. The molecule has 40 heavy (non-hydrogen) atoms. The Balaban J connectivity index is 1.41. The lowest BCUT2D eigenvalue weighted by molar-refractivity contribution is 0.0261. The molecule has 0 spiro atoms. The number of aryl methyl sites for hydroxylation is 1. The van der Waals surface area contributed by atoms with Crippen LogP contribution >= 0.6 is 11.6 Å². The van der Waals surface area contributed by atoms with Crippen molar-refractivity contribution in [3.05, 3.63) is 49.9 Å². The molecule has 1 aromatic carbocycles. The quantitative estimate of drug-likeness (QED) is 0.451. The monoisotopic (exact) mass is 575 g/mol. The Morgan fingerprint density at radius 3 is 2.48 bits per heavy atom. The molecule has 218 valence electrons. The highest BCUT2D eigenvalue weighted by molar-refractivity contribution is 6.32. The molecule has 0 bridgehead atoms. The van der Waals surface area contributed by atoms with Gasteiger partial charge in [-0.3, -0.25) is 9.59 Å². The SMILES string of the molecule is COc1cc(C)[nH]c(=O)c1CNC(=O)c1cc(Cl)c2c(c1C)O[C@@H](C1CCC(NC(=O)OC(C)(C)C)CC1)CO2. The van der Waals surface area contributed by atoms with Gasteiger partial charge in [-0.05, 0) is 78.4 Å². The van der Waals surface area contributed by atoms with Crippen molar-refractivity contribution in [1.82, 2.24) is 15.6 Å². The van der Waals surface area contributed by atoms with Crippen molar-refractivity contribution in [3.63, 3.8) is 0 Å². The van der Waals surface area contributed by atoms with E-state index in [2.05, 4.69) is 15.6 Å². The number of hydrogen-bond acceptors (Lipinski definition) is 7. The van der Waals surface area contributed by atoms with Gasteiger partial charge >= 0.3 is 6.09 Å². The molecule has 1 aliphatic carbocycles. The van der Waals surface area contributed by atoms with Gasteiger partial charge in [0, 0.05) is 22.9 Å². The Bertz CT molecular complexity index is 1330. The van der Waals surface area contributed by atoms with Crippen LogP contribution in [-0.4, -0.2) is 48.4 Å². The second kappa shape index (κ2) is 12.0. The van der Waals surface area contributed by atoms with E-state index in [1.54, 1.807) is 26.0 Å². The molecule has 11 heteroatoms. The summed E-state index contributed by atoms with van der Waals surface area (Å²) in [5.74, 6) is 1.10. The van der Waals surface area contributed by atoms with Crippen LogP contribution < -0.4 is 30.4 Å². The number of hydrogen-bond donors (Lipinski definition) is 3. The number of ether oxygens (including phenoxy) is 4. The van der Waals surface area contributed by atoms with Gasteiger partial charge in [0.25, 0.3) is 11.5 Å². The number of rotatable bonds is 6. The van der Waals surface area contributed by atoms with Gasteiger partial charge in [-0.25, -0.2) is 4.79 Å². The lowest BCUT2D eigenvalue weighted by atomic mass is 9.82. The smallest absolute Gasteiger partial charge is 0.407 e. The Morgan fingerprint density at radius 2 is 1.82 bits per heavy atom. The first kappa shape index (κ1) is 29.6. The normalized spacial score (nSPS) is 20.4. The third-order valence-corrected chi connectivity index (χ3v) is 7.52. The molecule has 10 nitrogen and oxygen atoms in total. The first-order valence-electron chi connectivity index (χ1n) is 13.5. The molecule has 2 aromatic rings. The zero-order valence-corrected chi connectivity index (χ0v) is 24.6. The van der Waals surface area contributed by atoms with E-state index in [4.69, 9.17) is 30.5 Å². The number of carbonyl (C=O) groups excluding carboxylic acids is 2. The van der Waals surface area contributed by atoms with Gasteiger partial charge in [0.15, 0.2) is 11.5 Å². The number of nitrogens with one attached hydrogen (secondary N) is 3. The van der Waals surface area contributed by atoms with E-state index in [9.17, 15) is 14.4 Å². The van der Waals surface area contributed by atoms with Crippen molar-refractivity contribution >= 4 is 23.6 Å². The number of amides is 2. The molecule has 1 atom stereocenters. The third kappa shape index (κ3) is 6.83. The zero-order chi connectivity index (χ0) is 29.2. The van der Waals surface area contributed by atoms with E-state index in [1.807, 2.05) is 20.8 Å². The molecule has 0 radical (unpaired) electrons. The van der Waals surface area contributed by atoms with Gasteiger partial charge in [-0.1, -0.05) is 11.6 Å². The minimum atomic E-state index is -0.540. The first-order valence-corrected chi connectivity index (χ1v) is 13.9. The number of halogens is 1. The molecule has 1 saturated carbocycles.